The highest BCUT2D eigenvalue weighted by molar-refractivity contribution is 6.19. The van der Waals surface area contributed by atoms with Gasteiger partial charge in [0, 0.05) is 24.1 Å². The van der Waals surface area contributed by atoms with E-state index in [0.29, 0.717) is 24.0 Å². The Kier molecular flexibility index (Phi) is 4.97. The molecule has 0 spiro atoms. The number of rotatable bonds is 6. The molecule has 1 heterocycles. The highest BCUT2D eigenvalue weighted by Crippen LogP contribution is 2.32. The second kappa shape index (κ2) is 6.58. The molecular formula is C15H22N2O5. The molecule has 7 heteroatoms. The lowest BCUT2D eigenvalue weighted by Crippen LogP contribution is -2.52. The molecule has 0 bridgehead atoms. The van der Waals surface area contributed by atoms with E-state index >= 15 is 0 Å². The maximum absolute atomic E-state index is 12.2. The quantitative estimate of drug-likeness (QED) is 0.572. The van der Waals surface area contributed by atoms with Crippen LogP contribution in [0.4, 0.5) is 0 Å². The average molecular weight is 310 g/mol. The van der Waals surface area contributed by atoms with Crippen molar-refractivity contribution in [1.29, 1.82) is 0 Å². The minimum Gasteiger partial charge on any atom is -0.394 e. The maximum atomic E-state index is 12.2. The molecule has 0 aromatic carbocycles. The van der Waals surface area contributed by atoms with E-state index in [-0.39, 0.29) is 24.8 Å². The molecule has 3 N–H and O–H groups in total. The summed E-state index contributed by atoms with van der Waals surface area (Å²) in [5.74, 6) is -0.977. The zero-order chi connectivity index (χ0) is 16.3. The van der Waals surface area contributed by atoms with Crippen LogP contribution in [0.25, 0.3) is 0 Å². The van der Waals surface area contributed by atoms with Crippen LogP contribution < -0.4 is 5.32 Å². The van der Waals surface area contributed by atoms with Gasteiger partial charge in [0.25, 0.3) is 11.8 Å². The summed E-state index contributed by atoms with van der Waals surface area (Å²) >= 11 is 0. The van der Waals surface area contributed by atoms with Crippen LogP contribution in [-0.4, -0.2) is 58.1 Å². The third kappa shape index (κ3) is 3.20. The van der Waals surface area contributed by atoms with Crippen molar-refractivity contribution in [1.82, 2.24) is 10.2 Å². The van der Waals surface area contributed by atoms with Crippen LogP contribution in [0.15, 0.2) is 11.1 Å². The predicted molar refractivity (Wildman–Crippen MR) is 77.6 cm³/mol. The Balaban J connectivity index is 1.92. The number of aliphatic hydroxyl groups is 2. The molecule has 0 atom stereocenters. The van der Waals surface area contributed by atoms with Crippen LogP contribution in [0.1, 0.15) is 39.0 Å². The van der Waals surface area contributed by atoms with Crippen LogP contribution >= 0.6 is 0 Å². The van der Waals surface area contributed by atoms with Gasteiger partial charge < -0.3 is 15.5 Å². The summed E-state index contributed by atoms with van der Waals surface area (Å²) in [5, 5.41) is 20.8. The third-order valence-electron chi connectivity index (χ3n) is 4.18. The molecule has 0 saturated carbocycles. The van der Waals surface area contributed by atoms with E-state index in [9.17, 15) is 14.4 Å². The number of nitrogens with one attached hydrogen (secondary N) is 1. The zero-order valence-electron chi connectivity index (χ0n) is 12.7. The Morgan fingerprint density at radius 1 is 1.14 bits per heavy atom. The summed E-state index contributed by atoms with van der Waals surface area (Å²) in [6, 6.07) is 0. The molecule has 0 radical (unpaired) electrons. The van der Waals surface area contributed by atoms with E-state index in [1.54, 1.807) is 0 Å². The molecule has 1 aliphatic heterocycles. The van der Waals surface area contributed by atoms with Crippen LogP contribution in [-0.2, 0) is 14.4 Å². The lowest BCUT2D eigenvalue weighted by atomic mass is 9.93. The van der Waals surface area contributed by atoms with Gasteiger partial charge in [-0.05, 0) is 32.6 Å². The van der Waals surface area contributed by atoms with Crippen LogP contribution in [0, 0.1) is 0 Å². The Morgan fingerprint density at radius 2 is 1.64 bits per heavy atom. The number of carbonyl (C=O) groups is 3. The molecule has 0 unspecified atom stereocenters. The van der Waals surface area contributed by atoms with Crippen LogP contribution in [0.2, 0.25) is 0 Å². The monoisotopic (exact) mass is 310 g/mol. The Bertz CT molecular complexity index is 494. The third-order valence-corrected chi connectivity index (χ3v) is 4.18. The zero-order valence-corrected chi connectivity index (χ0v) is 12.7. The Morgan fingerprint density at radius 3 is 2.09 bits per heavy atom. The topological polar surface area (TPSA) is 107 Å². The number of amides is 3. The second-order valence-electron chi connectivity index (χ2n) is 6.10. The van der Waals surface area contributed by atoms with Gasteiger partial charge in [0.2, 0.25) is 5.91 Å². The van der Waals surface area contributed by atoms with E-state index in [2.05, 4.69) is 5.32 Å². The first kappa shape index (κ1) is 16.6. The highest BCUT2D eigenvalue weighted by atomic mass is 16.3. The van der Waals surface area contributed by atoms with Gasteiger partial charge in [0.1, 0.15) is 0 Å². The Hall–Kier alpha value is -1.73. The number of nitrogens with zero attached hydrogens (tertiary/aromatic N) is 1. The normalized spacial score (nSPS) is 18.8. The van der Waals surface area contributed by atoms with Crippen molar-refractivity contribution in [2.24, 2.45) is 0 Å². The molecule has 0 fully saturated rings. The lowest BCUT2D eigenvalue weighted by Gasteiger charge is -2.26. The lowest BCUT2D eigenvalue weighted by molar-refractivity contribution is -0.138. The van der Waals surface area contributed by atoms with Gasteiger partial charge in [-0.1, -0.05) is 0 Å². The highest BCUT2D eigenvalue weighted by Gasteiger charge is 2.38. The van der Waals surface area contributed by atoms with Gasteiger partial charge in [-0.2, -0.15) is 0 Å². The van der Waals surface area contributed by atoms with Gasteiger partial charge in [0.15, 0.2) is 0 Å². The van der Waals surface area contributed by atoms with Gasteiger partial charge in [-0.25, -0.2) is 0 Å². The molecule has 7 nitrogen and oxygen atoms in total. The van der Waals surface area contributed by atoms with E-state index in [1.807, 2.05) is 0 Å². The standard InChI is InChI=1S/C15H22N2O5/c1-15(8-18,9-19)16-12(20)6-7-17-13(21)10-4-2-3-5-11(10)14(17)22/h18-19H,2-9H2,1H3,(H,16,20). The van der Waals surface area contributed by atoms with Crippen LogP contribution in [0.3, 0.4) is 0 Å². The molecular weight excluding hydrogens is 288 g/mol. The number of hydrogen-bond acceptors (Lipinski definition) is 5. The smallest absolute Gasteiger partial charge is 0.257 e. The molecule has 2 aliphatic rings. The number of aliphatic hydroxyl groups excluding tert-OH is 2. The van der Waals surface area contributed by atoms with Gasteiger partial charge in [0.05, 0.1) is 18.8 Å². The predicted octanol–water partition coefficient (Wildman–Crippen LogP) is -0.525. The van der Waals surface area contributed by atoms with Crippen molar-refractivity contribution in [3.05, 3.63) is 11.1 Å². The van der Waals surface area contributed by atoms with Gasteiger partial charge >= 0.3 is 0 Å². The minimum absolute atomic E-state index is 0.0173. The van der Waals surface area contributed by atoms with E-state index < -0.39 is 24.7 Å². The first-order valence-corrected chi connectivity index (χ1v) is 7.53. The van der Waals surface area contributed by atoms with Crippen molar-refractivity contribution in [3.63, 3.8) is 0 Å². The first-order valence-electron chi connectivity index (χ1n) is 7.53. The molecule has 0 aromatic rings. The number of hydrogen-bond donors (Lipinski definition) is 3. The van der Waals surface area contributed by atoms with Crippen molar-refractivity contribution in [2.45, 2.75) is 44.6 Å². The van der Waals surface area contributed by atoms with Crippen molar-refractivity contribution in [3.8, 4) is 0 Å². The minimum atomic E-state index is -1.10. The summed E-state index contributed by atoms with van der Waals surface area (Å²) in [6.07, 6.45) is 3.05. The summed E-state index contributed by atoms with van der Waals surface area (Å²) in [4.78, 5) is 37.4. The Labute approximate surface area is 129 Å². The van der Waals surface area contributed by atoms with E-state index in [4.69, 9.17) is 10.2 Å². The fourth-order valence-electron chi connectivity index (χ4n) is 2.74. The molecule has 22 heavy (non-hydrogen) atoms. The van der Waals surface area contributed by atoms with Crippen molar-refractivity contribution in [2.75, 3.05) is 19.8 Å². The fraction of sp³-hybridized carbons (Fsp3) is 0.667. The van der Waals surface area contributed by atoms with Crippen LogP contribution in [0.5, 0.6) is 0 Å². The molecule has 1 aliphatic carbocycles. The largest absolute Gasteiger partial charge is 0.394 e. The molecule has 2 rings (SSSR count). The second-order valence-corrected chi connectivity index (χ2v) is 6.10. The molecule has 0 saturated heterocycles. The summed E-state index contributed by atoms with van der Waals surface area (Å²) in [6.45, 7) is 0.736. The molecule has 3 amide bonds. The average Bonchev–Trinajstić information content (AvgIpc) is 2.77. The summed E-state index contributed by atoms with van der Waals surface area (Å²) in [5.41, 5.74) is 0.104. The van der Waals surface area contributed by atoms with Crippen molar-refractivity contribution >= 4 is 17.7 Å². The van der Waals surface area contributed by atoms with Gasteiger partial charge in [-0.3, -0.25) is 19.3 Å². The SMILES string of the molecule is CC(CO)(CO)NC(=O)CCN1C(=O)C2=C(CCCC2)C1=O. The van der Waals surface area contributed by atoms with Gasteiger partial charge in [-0.15, -0.1) is 0 Å². The fourth-order valence-corrected chi connectivity index (χ4v) is 2.74. The first-order chi connectivity index (χ1) is 10.4. The maximum Gasteiger partial charge on any atom is 0.257 e. The van der Waals surface area contributed by atoms with Crippen molar-refractivity contribution < 1.29 is 24.6 Å². The summed E-state index contributed by atoms with van der Waals surface area (Å²) in [7, 11) is 0. The van der Waals surface area contributed by atoms with E-state index in [0.717, 1.165) is 17.7 Å². The number of imide groups is 1. The molecule has 0 aromatic heterocycles. The number of carbonyl (C=O) groups excluding carboxylic acids is 3. The molecule has 122 valence electrons. The van der Waals surface area contributed by atoms with E-state index in [1.165, 1.54) is 6.92 Å². The summed E-state index contributed by atoms with van der Waals surface area (Å²) < 4.78 is 0.